The summed E-state index contributed by atoms with van der Waals surface area (Å²) in [6, 6.07) is 13.7. The Labute approximate surface area is 136 Å². The molecular formula is C19H22FNO2. The highest BCUT2D eigenvalue weighted by Crippen LogP contribution is 2.32. The highest BCUT2D eigenvalue weighted by molar-refractivity contribution is 5.75. The number of rotatable bonds is 5. The third-order valence-corrected chi connectivity index (χ3v) is 3.87. The minimum absolute atomic E-state index is 0.181. The first kappa shape index (κ1) is 17.2. The van der Waals surface area contributed by atoms with E-state index in [2.05, 4.69) is 0 Å². The number of halogens is 1. The number of hydrogen-bond donors (Lipinski definition) is 1. The normalized spacial score (nSPS) is 14.8. The van der Waals surface area contributed by atoms with Gasteiger partial charge in [0.2, 0.25) is 0 Å². The summed E-state index contributed by atoms with van der Waals surface area (Å²) in [6.07, 6.45) is -0.417. The van der Waals surface area contributed by atoms with Crippen LogP contribution in [0.3, 0.4) is 0 Å². The molecule has 1 unspecified atom stereocenters. The van der Waals surface area contributed by atoms with E-state index in [1.54, 1.807) is 13.0 Å². The van der Waals surface area contributed by atoms with Crippen molar-refractivity contribution >= 4 is 5.97 Å². The lowest BCUT2D eigenvalue weighted by molar-refractivity contribution is -0.149. The van der Waals surface area contributed by atoms with Crippen molar-refractivity contribution in [2.24, 2.45) is 5.73 Å². The van der Waals surface area contributed by atoms with Gasteiger partial charge in [-0.05, 0) is 49.6 Å². The van der Waals surface area contributed by atoms with Gasteiger partial charge in [0.1, 0.15) is 18.0 Å². The van der Waals surface area contributed by atoms with Gasteiger partial charge in [0.15, 0.2) is 0 Å². The molecule has 0 aromatic heterocycles. The second kappa shape index (κ2) is 7.38. The molecule has 0 heterocycles. The summed E-state index contributed by atoms with van der Waals surface area (Å²) in [5.41, 5.74) is 8.35. The molecule has 2 rings (SSSR count). The van der Waals surface area contributed by atoms with Crippen molar-refractivity contribution in [1.82, 2.24) is 0 Å². The molecule has 0 radical (unpaired) electrons. The number of carbonyl (C=O) groups excluding carboxylic acids is 1. The Bertz CT molecular complexity index is 670. The second-order valence-corrected chi connectivity index (χ2v) is 5.82. The fourth-order valence-corrected chi connectivity index (χ4v) is 2.71. The number of esters is 1. The summed E-state index contributed by atoms with van der Waals surface area (Å²) in [5.74, 6) is -0.906. The third kappa shape index (κ3) is 4.17. The standard InChI is InChI=1S/C19H22FNO2/c1-12-11-16(20)9-10-17(12)18(15-7-5-4-6-8-15)14(3)23-19(22)13(2)21/h4-11,13-14,18H,21H2,1-3H3/t13-,14-,18?/m0/s1. The molecule has 4 heteroatoms. The van der Waals surface area contributed by atoms with Gasteiger partial charge in [-0.2, -0.15) is 0 Å². The molecule has 2 N–H and O–H groups in total. The van der Waals surface area contributed by atoms with Crippen LogP contribution in [0.4, 0.5) is 4.39 Å². The monoisotopic (exact) mass is 315 g/mol. The zero-order valence-electron chi connectivity index (χ0n) is 13.6. The SMILES string of the molecule is Cc1cc(F)ccc1C(c1ccccc1)[C@H](C)OC(=O)[C@H](C)N. The van der Waals surface area contributed by atoms with E-state index in [1.807, 2.05) is 44.2 Å². The van der Waals surface area contributed by atoms with Crippen LogP contribution in [-0.4, -0.2) is 18.1 Å². The molecule has 23 heavy (non-hydrogen) atoms. The van der Waals surface area contributed by atoms with Crippen LogP contribution in [0, 0.1) is 12.7 Å². The van der Waals surface area contributed by atoms with Crippen molar-refractivity contribution in [2.75, 3.05) is 0 Å². The molecule has 3 nitrogen and oxygen atoms in total. The maximum Gasteiger partial charge on any atom is 0.322 e. The molecule has 2 aromatic rings. The third-order valence-electron chi connectivity index (χ3n) is 3.87. The Morgan fingerprint density at radius 3 is 2.35 bits per heavy atom. The van der Waals surface area contributed by atoms with Crippen molar-refractivity contribution in [3.63, 3.8) is 0 Å². The Morgan fingerprint density at radius 1 is 1.13 bits per heavy atom. The van der Waals surface area contributed by atoms with Crippen LogP contribution in [0.15, 0.2) is 48.5 Å². The maximum absolute atomic E-state index is 13.4. The first-order valence-electron chi connectivity index (χ1n) is 7.67. The summed E-state index contributed by atoms with van der Waals surface area (Å²) >= 11 is 0. The fraction of sp³-hybridized carbons (Fsp3) is 0.316. The average Bonchev–Trinajstić information content (AvgIpc) is 2.50. The molecule has 2 aromatic carbocycles. The molecule has 0 amide bonds. The predicted molar refractivity (Wildman–Crippen MR) is 88.6 cm³/mol. The van der Waals surface area contributed by atoms with E-state index in [1.165, 1.54) is 12.1 Å². The van der Waals surface area contributed by atoms with E-state index in [0.29, 0.717) is 0 Å². The molecule has 3 atom stereocenters. The minimum Gasteiger partial charge on any atom is -0.461 e. The molecule has 0 aliphatic rings. The molecule has 0 saturated carbocycles. The van der Waals surface area contributed by atoms with E-state index in [9.17, 15) is 9.18 Å². The van der Waals surface area contributed by atoms with Crippen LogP contribution in [0.5, 0.6) is 0 Å². The summed E-state index contributed by atoms with van der Waals surface area (Å²) < 4.78 is 18.9. The fourth-order valence-electron chi connectivity index (χ4n) is 2.71. The van der Waals surface area contributed by atoms with Gasteiger partial charge >= 0.3 is 5.97 Å². The number of ether oxygens (including phenoxy) is 1. The highest BCUT2D eigenvalue weighted by Gasteiger charge is 2.27. The Kier molecular flexibility index (Phi) is 5.50. The first-order chi connectivity index (χ1) is 10.9. The number of aryl methyl sites for hydroxylation is 1. The van der Waals surface area contributed by atoms with Crippen LogP contribution in [0.1, 0.15) is 36.5 Å². The molecule has 0 saturated heterocycles. The molecular weight excluding hydrogens is 293 g/mol. The van der Waals surface area contributed by atoms with E-state index >= 15 is 0 Å². The molecule has 0 spiro atoms. The van der Waals surface area contributed by atoms with Crippen molar-refractivity contribution in [3.05, 3.63) is 71.0 Å². The molecule has 122 valence electrons. The Hall–Kier alpha value is -2.20. The first-order valence-corrected chi connectivity index (χ1v) is 7.67. The zero-order valence-corrected chi connectivity index (χ0v) is 13.6. The van der Waals surface area contributed by atoms with Crippen LogP contribution in [0.25, 0.3) is 0 Å². The number of nitrogens with two attached hydrogens (primary N) is 1. The van der Waals surface area contributed by atoms with Gasteiger partial charge < -0.3 is 10.5 Å². The largest absolute Gasteiger partial charge is 0.461 e. The van der Waals surface area contributed by atoms with Crippen molar-refractivity contribution in [2.45, 2.75) is 38.8 Å². The summed E-state index contributed by atoms with van der Waals surface area (Å²) in [6.45, 7) is 5.28. The molecule has 0 aliphatic carbocycles. The van der Waals surface area contributed by atoms with E-state index in [4.69, 9.17) is 10.5 Å². The molecule has 0 aliphatic heterocycles. The minimum atomic E-state index is -0.678. The lowest BCUT2D eigenvalue weighted by Gasteiger charge is -2.27. The molecule has 0 bridgehead atoms. The van der Waals surface area contributed by atoms with Gasteiger partial charge in [-0.3, -0.25) is 4.79 Å². The Balaban J connectivity index is 2.42. The highest BCUT2D eigenvalue weighted by atomic mass is 19.1. The summed E-state index contributed by atoms with van der Waals surface area (Å²) in [7, 11) is 0. The van der Waals surface area contributed by atoms with Crippen molar-refractivity contribution in [3.8, 4) is 0 Å². The van der Waals surface area contributed by atoms with Gasteiger partial charge in [-0.1, -0.05) is 36.4 Å². The van der Waals surface area contributed by atoms with Crippen molar-refractivity contribution < 1.29 is 13.9 Å². The number of hydrogen-bond acceptors (Lipinski definition) is 3. The lowest BCUT2D eigenvalue weighted by Crippen LogP contribution is -2.34. The van der Waals surface area contributed by atoms with E-state index in [0.717, 1.165) is 16.7 Å². The van der Waals surface area contributed by atoms with Gasteiger partial charge in [-0.25, -0.2) is 4.39 Å². The predicted octanol–water partition coefficient (Wildman–Crippen LogP) is 3.54. The topological polar surface area (TPSA) is 52.3 Å². The van der Waals surface area contributed by atoms with Crippen LogP contribution < -0.4 is 5.73 Å². The van der Waals surface area contributed by atoms with Crippen LogP contribution >= 0.6 is 0 Å². The lowest BCUT2D eigenvalue weighted by atomic mass is 9.85. The van der Waals surface area contributed by atoms with E-state index in [-0.39, 0.29) is 11.7 Å². The quantitative estimate of drug-likeness (QED) is 0.859. The smallest absolute Gasteiger partial charge is 0.322 e. The second-order valence-electron chi connectivity index (χ2n) is 5.82. The molecule has 0 fully saturated rings. The van der Waals surface area contributed by atoms with Crippen LogP contribution in [0.2, 0.25) is 0 Å². The number of benzene rings is 2. The van der Waals surface area contributed by atoms with Gasteiger partial charge in [0.05, 0.1) is 0 Å². The zero-order chi connectivity index (χ0) is 17.0. The number of carbonyl (C=O) groups is 1. The van der Waals surface area contributed by atoms with Crippen LogP contribution in [-0.2, 0) is 9.53 Å². The maximum atomic E-state index is 13.4. The average molecular weight is 315 g/mol. The van der Waals surface area contributed by atoms with Crippen molar-refractivity contribution in [1.29, 1.82) is 0 Å². The summed E-state index contributed by atoms with van der Waals surface area (Å²) in [5, 5.41) is 0. The summed E-state index contributed by atoms with van der Waals surface area (Å²) in [4.78, 5) is 11.9. The van der Waals surface area contributed by atoms with E-state index < -0.39 is 18.1 Å². The van der Waals surface area contributed by atoms with Gasteiger partial charge in [-0.15, -0.1) is 0 Å². The Morgan fingerprint density at radius 2 is 1.78 bits per heavy atom. The van der Waals surface area contributed by atoms with Gasteiger partial charge in [0.25, 0.3) is 0 Å². The van der Waals surface area contributed by atoms with Gasteiger partial charge in [0, 0.05) is 5.92 Å².